The Morgan fingerprint density at radius 2 is 2.19 bits per heavy atom. The van der Waals surface area contributed by atoms with Crippen LogP contribution >= 0.6 is 11.6 Å². The van der Waals surface area contributed by atoms with Crippen molar-refractivity contribution in [2.24, 2.45) is 5.41 Å². The third kappa shape index (κ3) is 4.14. The first-order valence-corrected chi connectivity index (χ1v) is 6.29. The minimum atomic E-state index is 0.141. The molecule has 1 heterocycles. The first-order chi connectivity index (χ1) is 7.44. The zero-order chi connectivity index (χ0) is 12.2. The summed E-state index contributed by atoms with van der Waals surface area (Å²) in [6.07, 6.45) is 2.02. The normalized spacial score (nSPS) is 12.4. The monoisotopic (exact) mass is 243 g/mol. The molecule has 1 aromatic rings. The molecule has 3 nitrogen and oxygen atoms in total. The first-order valence-electron chi connectivity index (χ1n) is 5.75. The van der Waals surface area contributed by atoms with E-state index in [0.29, 0.717) is 11.9 Å². The minimum absolute atomic E-state index is 0.141. The van der Waals surface area contributed by atoms with E-state index in [4.69, 9.17) is 11.6 Å². The number of rotatable bonds is 6. The van der Waals surface area contributed by atoms with Crippen LogP contribution in [0.4, 0.5) is 0 Å². The lowest BCUT2D eigenvalue weighted by Gasteiger charge is -2.21. The van der Waals surface area contributed by atoms with Gasteiger partial charge in [-0.15, -0.1) is 11.6 Å². The lowest BCUT2D eigenvalue weighted by molar-refractivity contribution is 0.383. The highest BCUT2D eigenvalue weighted by Gasteiger charge is 2.15. The molecule has 1 rings (SSSR count). The molecule has 0 bridgehead atoms. The zero-order valence-corrected chi connectivity index (χ0v) is 11.4. The fourth-order valence-corrected chi connectivity index (χ4v) is 1.43. The van der Waals surface area contributed by atoms with Gasteiger partial charge in [0.05, 0.1) is 5.69 Å². The van der Waals surface area contributed by atoms with Crippen molar-refractivity contribution in [2.45, 2.75) is 40.3 Å². The molecule has 0 aromatic carbocycles. The molecule has 1 aromatic heterocycles. The molecule has 4 heteroatoms. The fraction of sp³-hybridized carbons (Fsp3) is 0.750. The second-order valence-corrected chi connectivity index (χ2v) is 5.55. The number of halogens is 1. The van der Waals surface area contributed by atoms with Crippen LogP contribution in [0.1, 0.15) is 39.4 Å². The molecule has 0 aliphatic heterocycles. The van der Waals surface area contributed by atoms with Crippen LogP contribution in [-0.4, -0.2) is 22.2 Å². The van der Waals surface area contributed by atoms with Crippen molar-refractivity contribution in [1.29, 1.82) is 0 Å². The van der Waals surface area contributed by atoms with E-state index >= 15 is 0 Å². The van der Waals surface area contributed by atoms with E-state index in [-0.39, 0.29) is 5.41 Å². The highest BCUT2D eigenvalue weighted by atomic mass is 35.5. The van der Waals surface area contributed by atoms with E-state index in [2.05, 4.69) is 44.2 Å². The Kier molecular flexibility index (Phi) is 4.81. The van der Waals surface area contributed by atoms with Crippen LogP contribution in [0.5, 0.6) is 0 Å². The van der Waals surface area contributed by atoms with Gasteiger partial charge in [0.1, 0.15) is 0 Å². The Hall–Kier alpha value is -0.540. The summed E-state index contributed by atoms with van der Waals surface area (Å²) >= 11 is 5.86. The zero-order valence-electron chi connectivity index (χ0n) is 10.6. The van der Waals surface area contributed by atoms with E-state index in [1.54, 1.807) is 0 Å². The maximum Gasteiger partial charge on any atom is 0.0762 e. The van der Waals surface area contributed by atoms with Gasteiger partial charge < -0.3 is 5.32 Å². The van der Waals surface area contributed by atoms with E-state index in [0.717, 1.165) is 18.8 Å². The van der Waals surface area contributed by atoms with Gasteiger partial charge in [-0.25, -0.2) is 0 Å². The second kappa shape index (κ2) is 5.69. The van der Waals surface area contributed by atoms with Crippen molar-refractivity contribution in [1.82, 2.24) is 15.1 Å². The molecule has 0 fully saturated rings. The van der Waals surface area contributed by atoms with Crippen LogP contribution < -0.4 is 5.32 Å². The van der Waals surface area contributed by atoms with E-state index < -0.39 is 0 Å². The molecule has 0 unspecified atom stereocenters. The third-order valence-corrected chi connectivity index (χ3v) is 3.19. The topological polar surface area (TPSA) is 29.9 Å². The average Bonchev–Trinajstić information content (AvgIpc) is 2.66. The van der Waals surface area contributed by atoms with Gasteiger partial charge in [0.2, 0.25) is 0 Å². The summed E-state index contributed by atoms with van der Waals surface area (Å²) < 4.78 is 1.98. The van der Waals surface area contributed by atoms with Crippen molar-refractivity contribution in [3.8, 4) is 0 Å². The van der Waals surface area contributed by atoms with Gasteiger partial charge in [0.25, 0.3) is 0 Å². The predicted octanol–water partition coefficient (Wildman–Crippen LogP) is 2.82. The third-order valence-electron chi connectivity index (χ3n) is 2.46. The molecular weight excluding hydrogens is 222 g/mol. The van der Waals surface area contributed by atoms with Crippen molar-refractivity contribution >= 4 is 11.6 Å². The van der Waals surface area contributed by atoms with E-state index in [1.807, 2.05) is 10.9 Å². The molecule has 0 amide bonds. The van der Waals surface area contributed by atoms with Crippen molar-refractivity contribution in [3.05, 3.63) is 18.0 Å². The smallest absolute Gasteiger partial charge is 0.0762 e. The average molecular weight is 244 g/mol. The quantitative estimate of drug-likeness (QED) is 0.779. The largest absolute Gasteiger partial charge is 0.311 e. The number of hydrogen-bond acceptors (Lipinski definition) is 2. The molecule has 0 saturated carbocycles. The molecule has 16 heavy (non-hydrogen) atoms. The number of aromatic nitrogens is 2. The molecule has 0 atom stereocenters. The molecule has 0 saturated heterocycles. The Bertz CT molecular complexity index is 318. The highest BCUT2D eigenvalue weighted by Crippen LogP contribution is 2.15. The fourth-order valence-electron chi connectivity index (χ4n) is 1.34. The van der Waals surface area contributed by atoms with Gasteiger partial charge in [-0.2, -0.15) is 5.10 Å². The number of nitrogens with zero attached hydrogens (tertiary/aromatic N) is 2. The summed E-state index contributed by atoms with van der Waals surface area (Å²) in [7, 11) is 0. The highest BCUT2D eigenvalue weighted by molar-refractivity contribution is 6.18. The second-order valence-electron chi connectivity index (χ2n) is 5.28. The molecule has 0 aliphatic carbocycles. The molecule has 92 valence electrons. The first kappa shape index (κ1) is 13.5. The molecule has 0 aliphatic rings. The Morgan fingerprint density at radius 3 is 2.69 bits per heavy atom. The van der Waals surface area contributed by atoms with Crippen LogP contribution in [0.15, 0.2) is 12.3 Å². The van der Waals surface area contributed by atoms with Gasteiger partial charge in [-0.05, 0) is 25.3 Å². The van der Waals surface area contributed by atoms with Gasteiger partial charge in [-0.1, -0.05) is 13.8 Å². The molecular formula is C12H22ClN3. The van der Waals surface area contributed by atoms with Crippen LogP contribution in [0, 0.1) is 5.41 Å². The summed E-state index contributed by atoms with van der Waals surface area (Å²) in [5, 5.41) is 7.86. The lowest BCUT2D eigenvalue weighted by Crippen LogP contribution is -2.30. The Balaban J connectivity index is 2.37. The van der Waals surface area contributed by atoms with Crippen LogP contribution in [-0.2, 0) is 6.54 Å². The van der Waals surface area contributed by atoms with E-state index in [9.17, 15) is 0 Å². The Labute approximate surface area is 103 Å². The van der Waals surface area contributed by atoms with Crippen LogP contribution in [0.3, 0.4) is 0 Å². The van der Waals surface area contributed by atoms with Gasteiger partial charge in [0.15, 0.2) is 0 Å². The van der Waals surface area contributed by atoms with Gasteiger partial charge in [0, 0.05) is 31.2 Å². The van der Waals surface area contributed by atoms with Gasteiger partial charge in [-0.3, -0.25) is 4.68 Å². The maximum absolute atomic E-state index is 5.86. The van der Waals surface area contributed by atoms with Crippen LogP contribution in [0.25, 0.3) is 0 Å². The van der Waals surface area contributed by atoms with E-state index in [1.165, 1.54) is 0 Å². The Morgan fingerprint density at radius 1 is 1.50 bits per heavy atom. The number of alkyl halides is 1. The van der Waals surface area contributed by atoms with Crippen molar-refractivity contribution < 1.29 is 0 Å². The predicted molar refractivity (Wildman–Crippen MR) is 68.8 cm³/mol. The minimum Gasteiger partial charge on any atom is -0.311 e. The molecule has 0 radical (unpaired) electrons. The number of hydrogen-bond donors (Lipinski definition) is 1. The number of nitrogens with one attached hydrogen (secondary N) is 1. The molecule has 0 spiro atoms. The summed E-state index contributed by atoms with van der Waals surface area (Å²) in [5.41, 5.74) is 1.22. The van der Waals surface area contributed by atoms with Gasteiger partial charge >= 0.3 is 0 Å². The molecule has 1 N–H and O–H groups in total. The summed E-state index contributed by atoms with van der Waals surface area (Å²) in [5.74, 6) is 0.667. The standard InChI is InChI=1S/C12H22ClN3/c1-10(2)16-6-5-11(15-16)7-14-9-12(3,4)8-13/h5-6,10,14H,7-9H2,1-4H3. The van der Waals surface area contributed by atoms with Crippen molar-refractivity contribution in [3.63, 3.8) is 0 Å². The summed E-state index contributed by atoms with van der Waals surface area (Å²) in [6.45, 7) is 10.3. The summed E-state index contributed by atoms with van der Waals surface area (Å²) in [6, 6.07) is 2.48. The lowest BCUT2D eigenvalue weighted by atomic mass is 9.97. The maximum atomic E-state index is 5.86. The SMILES string of the molecule is CC(C)n1ccc(CNCC(C)(C)CCl)n1. The van der Waals surface area contributed by atoms with Crippen LogP contribution in [0.2, 0.25) is 0 Å². The van der Waals surface area contributed by atoms with Crippen molar-refractivity contribution in [2.75, 3.05) is 12.4 Å². The summed E-state index contributed by atoms with van der Waals surface area (Å²) in [4.78, 5) is 0.